The highest BCUT2D eigenvalue weighted by atomic mass is 35.5. The lowest BCUT2D eigenvalue weighted by molar-refractivity contribution is 0.0690. The second-order valence-corrected chi connectivity index (χ2v) is 5.80. The number of hydrogen-bond donors (Lipinski definition) is 3. The lowest BCUT2D eigenvalue weighted by Gasteiger charge is -2.07. The summed E-state index contributed by atoms with van der Waals surface area (Å²) in [4.78, 5) is 14.5. The van der Waals surface area contributed by atoms with E-state index in [9.17, 15) is 9.90 Å². The van der Waals surface area contributed by atoms with Gasteiger partial charge in [-0.25, -0.2) is 4.79 Å². The zero-order valence-corrected chi connectivity index (χ0v) is 13.9. The van der Waals surface area contributed by atoms with Crippen molar-refractivity contribution in [3.05, 3.63) is 64.3 Å². The highest BCUT2D eigenvalue weighted by Crippen LogP contribution is 2.26. The minimum Gasteiger partial charge on any atom is -0.497 e. The van der Waals surface area contributed by atoms with Gasteiger partial charge in [-0.3, -0.25) is 0 Å². The van der Waals surface area contributed by atoms with Crippen molar-refractivity contribution in [2.75, 3.05) is 7.11 Å². The fraction of sp³-hybridized carbons (Fsp3) is 0.167. The predicted octanol–water partition coefficient (Wildman–Crippen LogP) is 3.82. The molecule has 1 heterocycles. The first-order chi connectivity index (χ1) is 11.6. The molecule has 0 saturated heterocycles. The predicted molar refractivity (Wildman–Crippen MR) is 93.8 cm³/mol. The SMILES string of the molecule is COc1ccc2c(CNCc3ccccc3Cl)c(C(=O)O)[nH]c2c1. The largest absolute Gasteiger partial charge is 0.497 e. The molecule has 5 nitrogen and oxygen atoms in total. The summed E-state index contributed by atoms with van der Waals surface area (Å²) in [6, 6.07) is 13.0. The van der Waals surface area contributed by atoms with Gasteiger partial charge in [-0.05, 0) is 23.8 Å². The van der Waals surface area contributed by atoms with Gasteiger partial charge in [-0.1, -0.05) is 29.8 Å². The number of nitrogens with one attached hydrogen (secondary N) is 2. The molecule has 0 radical (unpaired) electrons. The van der Waals surface area contributed by atoms with Crippen LogP contribution in [-0.2, 0) is 13.1 Å². The third-order valence-corrected chi connectivity index (χ3v) is 4.27. The first-order valence-corrected chi connectivity index (χ1v) is 7.84. The van der Waals surface area contributed by atoms with E-state index in [2.05, 4.69) is 10.3 Å². The van der Waals surface area contributed by atoms with E-state index in [0.717, 1.165) is 16.5 Å². The topological polar surface area (TPSA) is 74.3 Å². The van der Waals surface area contributed by atoms with E-state index in [1.54, 1.807) is 13.2 Å². The average Bonchev–Trinajstić information content (AvgIpc) is 2.94. The molecule has 24 heavy (non-hydrogen) atoms. The van der Waals surface area contributed by atoms with E-state index in [4.69, 9.17) is 16.3 Å². The van der Waals surface area contributed by atoms with Gasteiger partial charge in [0.05, 0.1) is 12.6 Å². The molecule has 0 bridgehead atoms. The molecular formula is C18H17ClN2O3. The van der Waals surface area contributed by atoms with Crippen molar-refractivity contribution in [3.8, 4) is 5.75 Å². The maximum Gasteiger partial charge on any atom is 0.352 e. The van der Waals surface area contributed by atoms with Gasteiger partial charge in [-0.15, -0.1) is 0 Å². The van der Waals surface area contributed by atoms with Crippen LogP contribution in [0.5, 0.6) is 5.75 Å². The monoisotopic (exact) mass is 344 g/mol. The third-order valence-electron chi connectivity index (χ3n) is 3.90. The molecule has 3 N–H and O–H groups in total. The van der Waals surface area contributed by atoms with Gasteiger partial charge in [0, 0.05) is 35.1 Å². The highest BCUT2D eigenvalue weighted by molar-refractivity contribution is 6.31. The van der Waals surface area contributed by atoms with Crippen LogP contribution < -0.4 is 10.1 Å². The molecule has 0 aliphatic heterocycles. The van der Waals surface area contributed by atoms with Crippen LogP contribution in [0.3, 0.4) is 0 Å². The Balaban J connectivity index is 1.86. The number of H-pyrrole nitrogens is 1. The Labute approximate surface area is 144 Å². The number of aromatic amines is 1. The van der Waals surface area contributed by atoms with Gasteiger partial charge in [-0.2, -0.15) is 0 Å². The van der Waals surface area contributed by atoms with Gasteiger partial charge in [0.2, 0.25) is 0 Å². The second-order valence-electron chi connectivity index (χ2n) is 5.39. The summed E-state index contributed by atoms with van der Waals surface area (Å²) in [5, 5.41) is 14.3. The Hall–Kier alpha value is -2.50. The molecule has 6 heteroatoms. The van der Waals surface area contributed by atoms with Crippen LogP contribution in [0, 0.1) is 0 Å². The molecule has 0 amide bonds. The highest BCUT2D eigenvalue weighted by Gasteiger charge is 2.17. The summed E-state index contributed by atoms with van der Waals surface area (Å²) in [6.07, 6.45) is 0. The van der Waals surface area contributed by atoms with Crippen LogP contribution in [0.2, 0.25) is 5.02 Å². The Bertz CT molecular complexity index is 889. The van der Waals surface area contributed by atoms with Crippen LogP contribution in [0.1, 0.15) is 21.6 Å². The normalized spacial score (nSPS) is 10.9. The van der Waals surface area contributed by atoms with Crippen LogP contribution in [0.25, 0.3) is 10.9 Å². The molecule has 0 spiro atoms. The molecule has 0 aliphatic carbocycles. The van der Waals surface area contributed by atoms with Crippen molar-refractivity contribution in [1.82, 2.24) is 10.3 Å². The molecule has 3 aromatic rings. The van der Waals surface area contributed by atoms with E-state index in [-0.39, 0.29) is 5.69 Å². The van der Waals surface area contributed by atoms with E-state index in [1.165, 1.54) is 0 Å². The van der Waals surface area contributed by atoms with Crippen molar-refractivity contribution in [1.29, 1.82) is 0 Å². The number of hydrogen-bond acceptors (Lipinski definition) is 3. The average molecular weight is 345 g/mol. The number of ether oxygens (including phenoxy) is 1. The van der Waals surface area contributed by atoms with Gasteiger partial charge >= 0.3 is 5.97 Å². The quantitative estimate of drug-likeness (QED) is 0.635. The smallest absolute Gasteiger partial charge is 0.352 e. The number of carboxylic acids is 1. The summed E-state index contributed by atoms with van der Waals surface area (Å²) in [5.74, 6) is -0.309. The van der Waals surface area contributed by atoms with Crippen molar-refractivity contribution in [2.24, 2.45) is 0 Å². The lowest BCUT2D eigenvalue weighted by atomic mass is 10.1. The first-order valence-electron chi connectivity index (χ1n) is 7.46. The zero-order valence-electron chi connectivity index (χ0n) is 13.1. The van der Waals surface area contributed by atoms with Crippen molar-refractivity contribution in [2.45, 2.75) is 13.1 Å². The summed E-state index contributed by atoms with van der Waals surface area (Å²) in [7, 11) is 1.58. The molecule has 0 fully saturated rings. The minimum atomic E-state index is -0.986. The summed E-state index contributed by atoms with van der Waals surface area (Å²) in [5.41, 5.74) is 2.61. The summed E-state index contributed by atoms with van der Waals surface area (Å²) < 4.78 is 5.19. The molecule has 0 atom stereocenters. The van der Waals surface area contributed by atoms with Gasteiger partial charge in [0.1, 0.15) is 11.4 Å². The van der Waals surface area contributed by atoms with Gasteiger partial charge in [0.15, 0.2) is 0 Å². The maximum atomic E-state index is 11.5. The Morgan fingerprint density at radius 3 is 2.75 bits per heavy atom. The van der Waals surface area contributed by atoms with Crippen LogP contribution in [-0.4, -0.2) is 23.2 Å². The maximum absolute atomic E-state index is 11.5. The zero-order chi connectivity index (χ0) is 17.1. The summed E-state index contributed by atoms with van der Waals surface area (Å²) in [6.45, 7) is 0.973. The first kappa shape index (κ1) is 16.4. The Morgan fingerprint density at radius 2 is 2.04 bits per heavy atom. The van der Waals surface area contributed by atoms with E-state index in [0.29, 0.717) is 29.4 Å². The van der Waals surface area contributed by atoms with Crippen molar-refractivity contribution in [3.63, 3.8) is 0 Å². The number of carbonyl (C=O) groups is 1. The molecule has 2 aromatic carbocycles. The number of rotatable bonds is 6. The number of halogens is 1. The van der Waals surface area contributed by atoms with E-state index in [1.807, 2.05) is 36.4 Å². The van der Waals surface area contributed by atoms with Crippen molar-refractivity contribution >= 4 is 28.5 Å². The molecular weight excluding hydrogens is 328 g/mol. The van der Waals surface area contributed by atoms with E-state index < -0.39 is 5.97 Å². The number of fused-ring (bicyclic) bond motifs is 1. The number of carboxylic acid groups (broad SMARTS) is 1. The van der Waals surface area contributed by atoms with Gasteiger partial charge < -0.3 is 20.1 Å². The number of benzene rings is 2. The number of aromatic nitrogens is 1. The summed E-state index contributed by atoms with van der Waals surface area (Å²) >= 11 is 6.14. The molecule has 1 aromatic heterocycles. The minimum absolute atomic E-state index is 0.185. The lowest BCUT2D eigenvalue weighted by Crippen LogP contribution is -2.15. The Kier molecular flexibility index (Phi) is 4.74. The van der Waals surface area contributed by atoms with Gasteiger partial charge in [0.25, 0.3) is 0 Å². The molecule has 0 unspecified atom stereocenters. The number of methoxy groups -OCH3 is 1. The van der Waals surface area contributed by atoms with Crippen LogP contribution in [0.4, 0.5) is 0 Å². The molecule has 3 rings (SSSR count). The van der Waals surface area contributed by atoms with E-state index >= 15 is 0 Å². The molecule has 0 aliphatic rings. The molecule has 124 valence electrons. The molecule has 0 saturated carbocycles. The fourth-order valence-corrected chi connectivity index (χ4v) is 2.89. The standard InChI is InChI=1S/C18H17ClN2O3/c1-24-12-6-7-13-14(17(18(22)23)21-16(13)8-12)10-20-9-11-4-2-3-5-15(11)19/h2-8,20-21H,9-10H2,1H3,(H,22,23). The fourth-order valence-electron chi connectivity index (χ4n) is 2.69. The van der Waals surface area contributed by atoms with Crippen LogP contribution >= 0.6 is 11.6 Å². The number of aromatic carboxylic acids is 1. The van der Waals surface area contributed by atoms with Crippen LogP contribution in [0.15, 0.2) is 42.5 Å². The Morgan fingerprint density at radius 1 is 1.25 bits per heavy atom. The second kappa shape index (κ2) is 6.95. The van der Waals surface area contributed by atoms with Crippen molar-refractivity contribution < 1.29 is 14.6 Å². The third kappa shape index (κ3) is 3.22.